The van der Waals surface area contributed by atoms with Crippen LogP contribution in [0.4, 0.5) is 5.95 Å². The SMILES string of the molecule is CCCN1CCC(Nc2nccn2C(C)COC)CC1. The molecular weight excluding hydrogens is 252 g/mol. The zero-order valence-electron chi connectivity index (χ0n) is 13.0. The van der Waals surface area contributed by atoms with Gasteiger partial charge in [-0.05, 0) is 32.7 Å². The molecule has 1 aliphatic heterocycles. The predicted octanol–water partition coefficient (Wildman–Crippen LogP) is 2.38. The maximum absolute atomic E-state index is 5.23. The molecule has 0 radical (unpaired) electrons. The second-order valence-electron chi connectivity index (χ2n) is 5.72. The van der Waals surface area contributed by atoms with E-state index in [1.807, 2.05) is 12.4 Å². The molecule has 1 aliphatic rings. The summed E-state index contributed by atoms with van der Waals surface area (Å²) in [7, 11) is 1.74. The minimum absolute atomic E-state index is 0.310. The monoisotopic (exact) mass is 280 g/mol. The molecule has 0 amide bonds. The summed E-state index contributed by atoms with van der Waals surface area (Å²) >= 11 is 0. The highest BCUT2D eigenvalue weighted by molar-refractivity contribution is 5.28. The number of anilines is 1. The lowest BCUT2D eigenvalue weighted by Crippen LogP contribution is -2.39. The fourth-order valence-electron chi connectivity index (χ4n) is 2.90. The first-order valence-corrected chi connectivity index (χ1v) is 7.75. The normalized spacial score (nSPS) is 19.1. The van der Waals surface area contributed by atoms with E-state index in [4.69, 9.17) is 4.74 Å². The number of methoxy groups -OCH3 is 1. The fraction of sp³-hybridized carbons (Fsp3) is 0.800. The molecule has 0 aromatic carbocycles. The Morgan fingerprint density at radius 1 is 1.45 bits per heavy atom. The maximum atomic E-state index is 5.23. The molecule has 1 aromatic rings. The molecule has 0 aliphatic carbocycles. The third-order valence-corrected chi connectivity index (χ3v) is 4.01. The van der Waals surface area contributed by atoms with Crippen molar-refractivity contribution in [2.45, 2.75) is 45.2 Å². The van der Waals surface area contributed by atoms with Crippen molar-refractivity contribution in [1.82, 2.24) is 14.5 Å². The standard InChI is InChI=1S/C15H28N4O/c1-4-8-18-9-5-14(6-10-18)17-15-16-7-11-19(15)13(2)12-20-3/h7,11,13-14H,4-6,8-10,12H2,1-3H3,(H,16,17). The smallest absolute Gasteiger partial charge is 0.203 e. The molecule has 2 heterocycles. The van der Waals surface area contributed by atoms with E-state index in [9.17, 15) is 0 Å². The molecule has 0 spiro atoms. The Balaban J connectivity index is 1.87. The van der Waals surface area contributed by atoms with Crippen LogP contribution in [0.25, 0.3) is 0 Å². The van der Waals surface area contributed by atoms with E-state index in [1.165, 1.54) is 38.9 Å². The number of imidazole rings is 1. The lowest BCUT2D eigenvalue weighted by Gasteiger charge is -2.32. The van der Waals surface area contributed by atoms with Crippen LogP contribution in [-0.4, -0.2) is 53.8 Å². The van der Waals surface area contributed by atoms with Gasteiger partial charge in [0, 0.05) is 38.6 Å². The second-order valence-corrected chi connectivity index (χ2v) is 5.72. The van der Waals surface area contributed by atoms with Gasteiger partial charge in [0.15, 0.2) is 0 Å². The Labute approximate surface area is 122 Å². The van der Waals surface area contributed by atoms with Crippen LogP contribution in [0.3, 0.4) is 0 Å². The van der Waals surface area contributed by atoms with Crippen LogP contribution in [0, 0.1) is 0 Å². The first-order valence-electron chi connectivity index (χ1n) is 7.75. The molecule has 1 aromatic heterocycles. The summed E-state index contributed by atoms with van der Waals surface area (Å²) in [6, 6.07) is 0.851. The first kappa shape index (κ1) is 15.3. The van der Waals surface area contributed by atoms with E-state index in [2.05, 4.69) is 33.6 Å². The van der Waals surface area contributed by atoms with Crippen molar-refractivity contribution >= 4 is 5.95 Å². The van der Waals surface area contributed by atoms with Gasteiger partial charge in [-0.15, -0.1) is 0 Å². The Kier molecular flexibility index (Phi) is 5.86. The van der Waals surface area contributed by atoms with Crippen molar-refractivity contribution in [2.24, 2.45) is 0 Å². The van der Waals surface area contributed by atoms with Gasteiger partial charge in [-0.2, -0.15) is 0 Å². The topological polar surface area (TPSA) is 42.3 Å². The Morgan fingerprint density at radius 2 is 2.20 bits per heavy atom. The van der Waals surface area contributed by atoms with E-state index in [0.717, 1.165) is 5.95 Å². The van der Waals surface area contributed by atoms with E-state index in [-0.39, 0.29) is 0 Å². The largest absolute Gasteiger partial charge is 0.383 e. The molecule has 1 fully saturated rings. The van der Waals surface area contributed by atoms with Gasteiger partial charge in [0.1, 0.15) is 0 Å². The van der Waals surface area contributed by atoms with Crippen LogP contribution in [0.5, 0.6) is 0 Å². The van der Waals surface area contributed by atoms with Crippen LogP contribution in [0.2, 0.25) is 0 Å². The molecular formula is C15H28N4O. The van der Waals surface area contributed by atoms with Gasteiger partial charge < -0.3 is 19.5 Å². The average Bonchev–Trinajstić information content (AvgIpc) is 2.90. The van der Waals surface area contributed by atoms with Gasteiger partial charge >= 0.3 is 0 Å². The third kappa shape index (κ3) is 3.96. The third-order valence-electron chi connectivity index (χ3n) is 4.01. The summed E-state index contributed by atoms with van der Waals surface area (Å²) in [4.78, 5) is 7.01. The van der Waals surface area contributed by atoms with Crippen LogP contribution in [0.15, 0.2) is 12.4 Å². The summed E-state index contributed by atoms with van der Waals surface area (Å²) in [5.74, 6) is 0.975. The van der Waals surface area contributed by atoms with Crippen molar-refractivity contribution < 1.29 is 4.74 Å². The number of ether oxygens (including phenoxy) is 1. The van der Waals surface area contributed by atoms with Crippen LogP contribution in [-0.2, 0) is 4.74 Å². The van der Waals surface area contributed by atoms with Gasteiger partial charge in [0.05, 0.1) is 12.6 Å². The zero-order chi connectivity index (χ0) is 14.4. The molecule has 2 rings (SSSR count). The number of piperidine rings is 1. The van der Waals surface area contributed by atoms with Gasteiger partial charge in [-0.1, -0.05) is 6.92 Å². The van der Waals surface area contributed by atoms with E-state index in [1.54, 1.807) is 7.11 Å². The molecule has 0 saturated carbocycles. The van der Waals surface area contributed by atoms with E-state index < -0.39 is 0 Å². The molecule has 1 unspecified atom stereocenters. The fourth-order valence-corrected chi connectivity index (χ4v) is 2.90. The summed E-state index contributed by atoms with van der Waals surface area (Å²) in [6.07, 6.45) is 7.53. The average molecular weight is 280 g/mol. The number of rotatable bonds is 7. The highest BCUT2D eigenvalue weighted by Gasteiger charge is 2.20. The number of hydrogen-bond acceptors (Lipinski definition) is 4. The van der Waals surface area contributed by atoms with Gasteiger partial charge in [-0.3, -0.25) is 0 Å². The van der Waals surface area contributed by atoms with E-state index in [0.29, 0.717) is 18.7 Å². The predicted molar refractivity (Wildman–Crippen MR) is 82.2 cm³/mol. The van der Waals surface area contributed by atoms with Crippen molar-refractivity contribution in [1.29, 1.82) is 0 Å². The van der Waals surface area contributed by atoms with Crippen molar-refractivity contribution in [3.63, 3.8) is 0 Å². The summed E-state index contributed by atoms with van der Waals surface area (Å²) < 4.78 is 7.40. The zero-order valence-corrected chi connectivity index (χ0v) is 13.0. The maximum Gasteiger partial charge on any atom is 0.203 e. The second kappa shape index (κ2) is 7.64. The minimum Gasteiger partial charge on any atom is -0.383 e. The molecule has 5 heteroatoms. The van der Waals surface area contributed by atoms with Gasteiger partial charge in [0.2, 0.25) is 5.95 Å². The summed E-state index contributed by atoms with van der Waals surface area (Å²) in [5.41, 5.74) is 0. The van der Waals surface area contributed by atoms with Crippen molar-refractivity contribution in [3.8, 4) is 0 Å². The quantitative estimate of drug-likeness (QED) is 0.832. The molecule has 1 N–H and O–H groups in total. The summed E-state index contributed by atoms with van der Waals surface area (Å²) in [6.45, 7) is 8.73. The molecule has 5 nitrogen and oxygen atoms in total. The molecule has 20 heavy (non-hydrogen) atoms. The lowest BCUT2D eigenvalue weighted by atomic mass is 10.1. The van der Waals surface area contributed by atoms with Crippen LogP contribution in [0.1, 0.15) is 39.2 Å². The number of nitrogens with one attached hydrogen (secondary N) is 1. The van der Waals surface area contributed by atoms with Gasteiger partial charge in [-0.25, -0.2) is 4.98 Å². The van der Waals surface area contributed by atoms with Crippen LogP contribution >= 0.6 is 0 Å². The molecule has 114 valence electrons. The number of aromatic nitrogens is 2. The van der Waals surface area contributed by atoms with Crippen molar-refractivity contribution in [2.75, 3.05) is 38.7 Å². The molecule has 1 saturated heterocycles. The van der Waals surface area contributed by atoms with Crippen LogP contribution < -0.4 is 5.32 Å². The Morgan fingerprint density at radius 3 is 2.85 bits per heavy atom. The number of likely N-dealkylation sites (tertiary alicyclic amines) is 1. The highest BCUT2D eigenvalue weighted by atomic mass is 16.5. The summed E-state index contributed by atoms with van der Waals surface area (Å²) in [5, 5.41) is 3.60. The Hall–Kier alpha value is -1.07. The van der Waals surface area contributed by atoms with Crippen molar-refractivity contribution in [3.05, 3.63) is 12.4 Å². The van der Waals surface area contributed by atoms with Gasteiger partial charge in [0.25, 0.3) is 0 Å². The first-order chi connectivity index (χ1) is 9.74. The minimum atomic E-state index is 0.310. The molecule has 0 bridgehead atoms. The Bertz CT molecular complexity index is 385. The molecule has 1 atom stereocenters. The number of nitrogens with zero attached hydrogens (tertiary/aromatic N) is 3. The van der Waals surface area contributed by atoms with E-state index >= 15 is 0 Å². The number of hydrogen-bond donors (Lipinski definition) is 1. The highest BCUT2D eigenvalue weighted by Crippen LogP contribution is 2.18. The lowest BCUT2D eigenvalue weighted by molar-refractivity contribution is 0.162.